The van der Waals surface area contributed by atoms with E-state index in [1.54, 1.807) is 0 Å². The van der Waals surface area contributed by atoms with Gasteiger partial charge in [0.05, 0.1) is 0 Å². The zero-order chi connectivity index (χ0) is 10.1. The number of nitrogens with one attached hydrogen (secondary N) is 2. The molecule has 2 aromatic heterocycles. The SMILES string of the molecule is c1cn2ccc(C3CNCCN3)cc2n1. The molecule has 1 aliphatic heterocycles. The Morgan fingerprint density at radius 2 is 2.33 bits per heavy atom. The molecule has 1 fully saturated rings. The van der Waals surface area contributed by atoms with Crippen LogP contribution in [-0.4, -0.2) is 29.0 Å². The average Bonchev–Trinajstić information content (AvgIpc) is 2.77. The summed E-state index contributed by atoms with van der Waals surface area (Å²) in [5, 5.41) is 6.88. The van der Waals surface area contributed by atoms with Crippen molar-refractivity contribution in [3.05, 3.63) is 36.3 Å². The Kier molecular flexibility index (Phi) is 2.16. The lowest BCUT2D eigenvalue weighted by atomic mass is 10.1. The fraction of sp³-hybridized carbons (Fsp3) is 0.364. The minimum absolute atomic E-state index is 0.417. The molecule has 15 heavy (non-hydrogen) atoms. The molecule has 3 rings (SSSR count). The van der Waals surface area contributed by atoms with Crippen LogP contribution in [-0.2, 0) is 0 Å². The summed E-state index contributed by atoms with van der Waals surface area (Å²) in [6.07, 6.45) is 5.85. The summed E-state index contributed by atoms with van der Waals surface area (Å²) in [6.45, 7) is 3.09. The van der Waals surface area contributed by atoms with Gasteiger partial charge in [0.25, 0.3) is 0 Å². The van der Waals surface area contributed by atoms with E-state index in [-0.39, 0.29) is 0 Å². The Morgan fingerprint density at radius 1 is 1.33 bits per heavy atom. The van der Waals surface area contributed by atoms with Gasteiger partial charge in [0, 0.05) is 44.3 Å². The van der Waals surface area contributed by atoms with Gasteiger partial charge in [-0.2, -0.15) is 0 Å². The molecule has 3 heterocycles. The van der Waals surface area contributed by atoms with Gasteiger partial charge in [-0.1, -0.05) is 0 Å². The van der Waals surface area contributed by atoms with Gasteiger partial charge in [-0.3, -0.25) is 0 Å². The Labute approximate surface area is 88.3 Å². The summed E-state index contributed by atoms with van der Waals surface area (Å²) < 4.78 is 2.03. The highest BCUT2D eigenvalue weighted by Crippen LogP contribution is 2.15. The number of imidazole rings is 1. The number of pyridine rings is 1. The maximum Gasteiger partial charge on any atom is 0.136 e. The van der Waals surface area contributed by atoms with Gasteiger partial charge in [0.1, 0.15) is 5.65 Å². The van der Waals surface area contributed by atoms with Crippen LogP contribution >= 0.6 is 0 Å². The molecule has 1 atom stereocenters. The van der Waals surface area contributed by atoms with Crippen LogP contribution in [0.2, 0.25) is 0 Å². The Balaban J connectivity index is 1.95. The molecule has 2 N–H and O–H groups in total. The predicted octanol–water partition coefficient (Wildman–Crippen LogP) is 0.568. The standard InChI is InChI=1S/C11H14N4/c1-5-15-6-4-14-11(15)7-9(1)10-8-12-2-3-13-10/h1,4-7,10,12-13H,2-3,8H2. The van der Waals surface area contributed by atoms with Crippen molar-refractivity contribution in [1.29, 1.82) is 0 Å². The van der Waals surface area contributed by atoms with E-state index < -0.39 is 0 Å². The number of nitrogens with zero attached hydrogens (tertiary/aromatic N) is 2. The molecule has 0 bridgehead atoms. The monoisotopic (exact) mass is 202 g/mol. The first kappa shape index (κ1) is 8.88. The highest BCUT2D eigenvalue weighted by atomic mass is 15.1. The normalized spacial score (nSPS) is 22.0. The second-order valence-corrected chi connectivity index (χ2v) is 3.86. The second-order valence-electron chi connectivity index (χ2n) is 3.86. The molecule has 78 valence electrons. The van der Waals surface area contributed by atoms with Gasteiger partial charge in [-0.15, -0.1) is 0 Å². The maximum atomic E-state index is 4.29. The number of aromatic nitrogens is 2. The van der Waals surface area contributed by atoms with Crippen LogP contribution in [0.5, 0.6) is 0 Å². The predicted molar refractivity (Wildman–Crippen MR) is 58.8 cm³/mol. The third-order valence-corrected chi connectivity index (χ3v) is 2.87. The molecule has 0 aliphatic carbocycles. The van der Waals surface area contributed by atoms with Crippen LogP contribution in [0.1, 0.15) is 11.6 Å². The highest BCUT2D eigenvalue weighted by molar-refractivity contribution is 5.42. The summed E-state index contributed by atoms with van der Waals surface area (Å²) in [4.78, 5) is 4.29. The van der Waals surface area contributed by atoms with E-state index in [9.17, 15) is 0 Å². The lowest BCUT2D eigenvalue weighted by Crippen LogP contribution is -2.42. The maximum absolute atomic E-state index is 4.29. The summed E-state index contributed by atoms with van der Waals surface area (Å²) in [5.74, 6) is 0. The molecular formula is C11H14N4. The minimum atomic E-state index is 0.417. The topological polar surface area (TPSA) is 41.4 Å². The molecule has 1 unspecified atom stereocenters. The summed E-state index contributed by atoms with van der Waals surface area (Å²) in [7, 11) is 0. The van der Waals surface area contributed by atoms with Crippen molar-refractivity contribution in [2.24, 2.45) is 0 Å². The third kappa shape index (κ3) is 1.62. The number of hydrogen-bond donors (Lipinski definition) is 2. The molecule has 1 aliphatic rings. The zero-order valence-electron chi connectivity index (χ0n) is 8.48. The number of fused-ring (bicyclic) bond motifs is 1. The molecule has 2 aromatic rings. The third-order valence-electron chi connectivity index (χ3n) is 2.87. The number of hydrogen-bond acceptors (Lipinski definition) is 3. The van der Waals surface area contributed by atoms with Gasteiger partial charge < -0.3 is 15.0 Å². The van der Waals surface area contributed by atoms with E-state index in [1.165, 1.54) is 5.56 Å². The van der Waals surface area contributed by atoms with E-state index in [0.29, 0.717) is 6.04 Å². The fourth-order valence-electron chi connectivity index (χ4n) is 2.03. The largest absolute Gasteiger partial charge is 0.314 e. The highest BCUT2D eigenvalue weighted by Gasteiger charge is 2.14. The van der Waals surface area contributed by atoms with Crippen molar-refractivity contribution >= 4 is 5.65 Å². The van der Waals surface area contributed by atoms with Gasteiger partial charge >= 0.3 is 0 Å². The molecule has 4 nitrogen and oxygen atoms in total. The van der Waals surface area contributed by atoms with Crippen molar-refractivity contribution in [2.45, 2.75) is 6.04 Å². The van der Waals surface area contributed by atoms with Crippen molar-refractivity contribution < 1.29 is 0 Å². The van der Waals surface area contributed by atoms with E-state index in [0.717, 1.165) is 25.3 Å². The van der Waals surface area contributed by atoms with Crippen LogP contribution in [0.25, 0.3) is 5.65 Å². The van der Waals surface area contributed by atoms with Crippen molar-refractivity contribution in [1.82, 2.24) is 20.0 Å². The van der Waals surface area contributed by atoms with Crippen LogP contribution in [0.3, 0.4) is 0 Å². The van der Waals surface area contributed by atoms with E-state index in [2.05, 4.69) is 33.9 Å². The first-order valence-corrected chi connectivity index (χ1v) is 5.30. The van der Waals surface area contributed by atoms with Gasteiger partial charge in [-0.05, 0) is 17.7 Å². The fourth-order valence-corrected chi connectivity index (χ4v) is 2.03. The van der Waals surface area contributed by atoms with E-state index in [4.69, 9.17) is 0 Å². The molecule has 0 radical (unpaired) electrons. The Bertz CT molecular complexity index is 456. The van der Waals surface area contributed by atoms with E-state index >= 15 is 0 Å². The van der Waals surface area contributed by atoms with Crippen molar-refractivity contribution in [3.63, 3.8) is 0 Å². The van der Waals surface area contributed by atoms with E-state index in [1.807, 2.05) is 16.8 Å². The molecular weight excluding hydrogens is 188 g/mol. The smallest absolute Gasteiger partial charge is 0.136 e. The van der Waals surface area contributed by atoms with Crippen LogP contribution < -0.4 is 10.6 Å². The summed E-state index contributed by atoms with van der Waals surface area (Å²) in [6, 6.07) is 4.71. The number of rotatable bonds is 1. The number of piperazine rings is 1. The molecule has 0 spiro atoms. The van der Waals surface area contributed by atoms with Crippen LogP contribution in [0.4, 0.5) is 0 Å². The van der Waals surface area contributed by atoms with Gasteiger partial charge in [-0.25, -0.2) is 4.98 Å². The van der Waals surface area contributed by atoms with Gasteiger partial charge in [0.15, 0.2) is 0 Å². The average molecular weight is 202 g/mol. The summed E-state index contributed by atoms with van der Waals surface area (Å²) in [5.41, 5.74) is 2.32. The molecule has 4 heteroatoms. The van der Waals surface area contributed by atoms with Crippen LogP contribution in [0, 0.1) is 0 Å². The van der Waals surface area contributed by atoms with Crippen molar-refractivity contribution in [2.75, 3.05) is 19.6 Å². The minimum Gasteiger partial charge on any atom is -0.314 e. The first-order chi connectivity index (χ1) is 7.43. The quantitative estimate of drug-likeness (QED) is 0.710. The van der Waals surface area contributed by atoms with Crippen molar-refractivity contribution in [3.8, 4) is 0 Å². The molecule has 0 saturated carbocycles. The second kappa shape index (κ2) is 3.64. The molecule has 0 amide bonds. The Hall–Kier alpha value is -1.39. The van der Waals surface area contributed by atoms with Gasteiger partial charge in [0.2, 0.25) is 0 Å². The Morgan fingerprint density at radius 3 is 3.20 bits per heavy atom. The molecule has 0 aromatic carbocycles. The van der Waals surface area contributed by atoms with Crippen LogP contribution in [0.15, 0.2) is 30.7 Å². The molecule has 1 saturated heterocycles. The lowest BCUT2D eigenvalue weighted by molar-refractivity contribution is 0.430. The summed E-state index contributed by atoms with van der Waals surface area (Å²) >= 11 is 0. The zero-order valence-corrected chi connectivity index (χ0v) is 8.48. The lowest BCUT2D eigenvalue weighted by Gasteiger charge is -2.24. The first-order valence-electron chi connectivity index (χ1n) is 5.30.